The Hall–Kier alpha value is -4.04. The van der Waals surface area contributed by atoms with Crippen LogP contribution in [0.4, 0.5) is 5.69 Å². The van der Waals surface area contributed by atoms with Gasteiger partial charge in [0.1, 0.15) is 0 Å². The van der Waals surface area contributed by atoms with E-state index in [-0.39, 0.29) is 11.2 Å². The number of hydrogen-bond donors (Lipinski definition) is 1. The molecule has 5 rings (SSSR count). The molecule has 33 heavy (non-hydrogen) atoms. The zero-order chi connectivity index (χ0) is 23.1. The van der Waals surface area contributed by atoms with Crippen molar-refractivity contribution in [1.29, 1.82) is 0 Å². The first-order valence-electron chi connectivity index (χ1n) is 10.2. The zero-order valence-electron chi connectivity index (χ0n) is 17.4. The van der Waals surface area contributed by atoms with Crippen LogP contribution in [0, 0.1) is 17.0 Å². The smallest absolute Gasteiger partial charge is 0.283 e. The van der Waals surface area contributed by atoms with Crippen molar-refractivity contribution >= 4 is 27.3 Å². The second-order valence-electron chi connectivity index (χ2n) is 7.55. The van der Waals surface area contributed by atoms with Crippen LogP contribution in [-0.2, 0) is 0 Å². The van der Waals surface area contributed by atoms with Gasteiger partial charge in [-0.1, -0.05) is 60.7 Å². The average Bonchev–Trinajstić information content (AvgIpc) is 3.19. The Bertz CT molecular complexity index is 1570. The molecule has 8 heteroatoms. The number of nitro groups is 1. The number of nitro benzene ring substituents is 1. The summed E-state index contributed by atoms with van der Waals surface area (Å²) in [6.07, 6.45) is 0. The van der Waals surface area contributed by atoms with E-state index in [2.05, 4.69) is 21.0 Å². The molecule has 0 saturated heterocycles. The molecule has 0 aliphatic carbocycles. The van der Waals surface area contributed by atoms with Gasteiger partial charge in [-0.3, -0.25) is 20.0 Å². The molecule has 0 unspecified atom stereocenters. The zero-order valence-corrected chi connectivity index (χ0v) is 19.0. The second kappa shape index (κ2) is 8.14. The van der Waals surface area contributed by atoms with Crippen LogP contribution in [0.5, 0.6) is 0 Å². The molecular weight excluding hydrogens is 484 g/mol. The van der Waals surface area contributed by atoms with E-state index >= 15 is 0 Å². The van der Waals surface area contributed by atoms with Crippen LogP contribution >= 0.6 is 15.9 Å². The first-order valence-corrected chi connectivity index (χ1v) is 11.0. The Morgan fingerprint density at radius 1 is 0.909 bits per heavy atom. The van der Waals surface area contributed by atoms with Gasteiger partial charge < -0.3 is 0 Å². The highest BCUT2D eigenvalue weighted by molar-refractivity contribution is 9.10. The number of halogens is 1. The molecule has 0 bridgehead atoms. The monoisotopic (exact) mass is 500 g/mol. The van der Waals surface area contributed by atoms with Gasteiger partial charge in [0.25, 0.3) is 11.2 Å². The summed E-state index contributed by atoms with van der Waals surface area (Å²) in [5.74, 6) is 0. The topological polar surface area (TPSA) is 93.3 Å². The highest BCUT2D eigenvalue weighted by Crippen LogP contribution is 2.35. The number of hydrogen-bond acceptors (Lipinski definition) is 4. The van der Waals surface area contributed by atoms with Crippen molar-refractivity contribution in [3.63, 3.8) is 0 Å². The highest BCUT2D eigenvalue weighted by Gasteiger charge is 2.22. The van der Waals surface area contributed by atoms with Crippen LogP contribution in [0.15, 0.2) is 88.1 Å². The van der Waals surface area contributed by atoms with E-state index in [1.165, 1.54) is 10.6 Å². The van der Waals surface area contributed by atoms with Crippen LogP contribution in [0.2, 0.25) is 0 Å². The van der Waals surface area contributed by atoms with Crippen molar-refractivity contribution in [2.45, 2.75) is 6.92 Å². The van der Waals surface area contributed by atoms with Gasteiger partial charge in [0.2, 0.25) is 0 Å². The molecule has 2 heterocycles. The molecule has 0 amide bonds. The van der Waals surface area contributed by atoms with Crippen molar-refractivity contribution in [2.24, 2.45) is 0 Å². The van der Waals surface area contributed by atoms with E-state index in [0.29, 0.717) is 26.9 Å². The fourth-order valence-corrected chi connectivity index (χ4v) is 4.54. The molecule has 7 nitrogen and oxygen atoms in total. The Morgan fingerprint density at radius 3 is 2.15 bits per heavy atom. The molecule has 0 spiro atoms. The van der Waals surface area contributed by atoms with Crippen molar-refractivity contribution in [2.75, 3.05) is 0 Å². The summed E-state index contributed by atoms with van der Waals surface area (Å²) >= 11 is 3.24. The minimum absolute atomic E-state index is 0.0665. The summed E-state index contributed by atoms with van der Waals surface area (Å²) in [4.78, 5) is 29.2. The van der Waals surface area contributed by atoms with Crippen LogP contribution in [0.3, 0.4) is 0 Å². The molecule has 0 atom stereocenters. The summed E-state index contributed by atoms with van der Waals surface area (Å²) in [6.45, 7) is 1.77. The predicted octanol–water partition coefficient (Wildman–Crippen LogP) is 6.00. The maximum absolute atomic E-state index is 13.7. The number of nitrogens with zero attached hydrogens (tertiary/aromatic N) is 3. The average molecular weight is 501 g/mol. The maximum Gasteiger partial charge on any atom is 0.283 e. The van der Waals surface area contributed by atoms with E-state index in [1.54, 1.807) is 19.1 Å². The molecule has 0 radical (unpaired) electrons. The molecular formula is C25H17BrN4O3. The number of aromatic nitrogens is 3. The van der Waals surface area contributed by atoms with Crippen molar-refractivity contribution in [3.8, 4) is 33.5 Å². The van der Waals surface area contributed by atoms with Gasteiger partial charge in [-0.2, -0.15) is 4.52 Å². The van der Waals surface area contributed by atoms with Gasteiger partial charge in [-0.05, 0) is 46.1 Å². The van der Waals surface area contributed by atoms with Gasteiger partial charge in [0.15, 0.2) is 5.65 Å². The highest BCUT2D eigenvalue weighted by atomic mass is 79.9. The number of benzene rings is 3. The summed E-state index contributed by atoms with van der Waals surface area (Å²) in [7, 11) is 0. The lowest BCUT2D eigenvalue weighted by Crippen LogP contribution is -2.19. The molecule has 0 aliphatic rings. The lowest BCUT2D eigenvalue weighted by molar-refractivity contribution is -0.385. The second-order valence-corrected chi connectivity index (χ2v) is 8.41. The van der Waals surface area contributed by atoms with E-state index in [0.717, 1.165) is 22.4 Å². The Labute approximate surface area is 196 Å². The van der Waals surface area contributed by atoms with E-state index in [1.807, 2.05) is 60.7 Å². The lowest BCUT2D eigenvalue weighted by Gasteiger charge is -2.07. The third-order valence-electron chi connectivity index (χ3n) is 5.52. The molecule has 162 valence electrons. The number of aromatic amines is 1. The van der Waals surface area contributed by atoms with E-state index < -0.39 is 4.92 Å². The first kappa shape index (κ1) is 20.8. The van der Waals surface area contributed by atoms with E-state index in [4.69, 9.17) is 4.98 Å². The van der Waals surface area contributed by atoms with Crippen molar-refractivity contribution < 1.29 is 4.92 Å². The Morgan fingerprint density at radius 2 is 1.55 bits per heavy atom. The van der Waals surface area contributed by atoms with Crippen LogP contribution in [0.25, 0.3) is 39.2 Å². The summed E-state index contributed by atoms with van der Waals surface area (Å²) in [5.41, 5.74) is 5.12. The molecule has 3 aromatic carbocycles. The minimum atomic E-state index is -0.474. The molecule has 0 aliphatic heterocycles. The fourth-order valence-electron chi connectivity index (χ4n) is 4.01. The van der Waals surface area contributed by atoms with Crippen LogP contribution in [0.1, 0.15) is 5.69 Å². The first-order chi connectivity index (χ1) is 16.0. The lowest BCUT2D eigenvalue weighted by atomic mass is 10.0. The van der Waals surface area contributed by atoms with Gasteiger partial charge >= 0.3 is 0 Å². The van der Waals surface area contributed by atoms with Gasteiger partial charge in [0, 0.05) is 11.6 Å². The normalized spacial score (nSPS) is 11.1. The maximum atomic E-state index is 13.7. The number of H-pyrrole nitrogens is 1. The third-order valence-corrected chi connectivity index (χ3v) is 6.15. The number of nitrogens with one attached hydrogen (secondary N) is 1. The van der Waals surface area contributed by atoms with Gasteiger partial charge in [0.05, 0.1) is 31.9 Å². The van der Waals surface area contributed by atoms with Crippen molar-refractivity contribution in [1.82, 2.24) is 14.6 Å². The van der Waals surface area contributed by atoms with Gasteiger partial charge in [-0.15, -0.1) is 0 Å². The quantitative estimate of drug-likeness (QED) is 0.241. The van der Waals surface area contributed by atoms with E-state index in [9.17, 15) is 14.9 Å². The predicted molar refractivity (Wildman–Crippen MR) is 131 cm³/mol. The SMILES string of the molecule is Cc1nc2c(-c3ccccc3)c(-c3ccccc3)[nH]n2c(=O)c1-c1ccc([N+](=O)[O-])c(Br)c1. The summed E-state index contributed by atoms with van der Waals surface area (Å²) in [6, 6.07) is 24.1. The number of rotatable bonds is 4. The van der Waals surface area contributed by atoms with Crippen LogP contribution < -0.4 is 5.56 Å². The van der Waals surface area contributed by atoms with Gasteiger partial charge in [-0.25, -0.2) is 4.98 Å². The number of fused-ring (bicyclic) bond motifs is 1. The number of aryl methyl sites for hydroxylation is 1. The molecule has 0 saturated carbocycles. The fraction of sp³-hybridized carbons (Fsp3) is 0.0400. The third kappa shape index (κ3) is 3.54. The molecule has 1 N–H and O–H groups in total. The summed E-state index contributed by atoms with van der Waals surface area (Å²) in [5, 5.41) is 14.4. The summed E-state index contributed by atoms with van der Waals surface area (Å²) < 4.78 is 1.75. The Balaban J connectivity index is 1.81. The Kier molecular flexibility index (Phi) is 5.14. The molecule has 5 aromatic rings. The molecule has 2 aromatic heterocycles. The van der Waals surface area contributed by atoms with Crippen molar-refractivity contribution in [3.05, 3.63) is 109 Å². The largest absolute Gasteiger partial charge is 0.288 e. The minimum Gasteiger partial charge on any atom is -0.288 e. The standard InChI is InChI=1S/C25H17BrN4O3/c1-15-21(18-12-13-20(30(32)33)19(26)14-18)25(31)29-24(27-15)22(16-8-4-2-5-9-16)23(28-29)17-10-6-3-7-11-17/h2-14,28H,1H3. The van der Waals surface area contributed by atoms with Crippen LogP contribution in [-0.4, -0.2) is 19.5 Å². The molecule has 0 fully saturated rings.